The molecule has 0 aliphatic carbocycles. The topological polar surface area (TPSA) is 75.6 Å². The van der Waals surface area contributed by atoms with Gasteiger partial charge in [-0.3, -0.25) is 4.79 Å². The summed E-state index contributed by atoms with van der Waals surface area (Å²) in [6, 6.07) is 0. The molecular formula is C7H11NO4. The molecule has 1 rings (SSSR count). The molecule has 0 saturated carbocycles. The maximum atomic E-state index is 11.1. The molecule has 5 nitrogen and oxygen atoms in total. The van der Waals surface area contributed by atoms with Crippen molar-refractivity contribution in [2.24, 2.45) is 5.41 Å². The quantitative estimate of drug-likeness (QED) is 0.555. The Morgan fingerprint density at radius 1 is 1.75 bits per heavy atom. The van der Waals surface area contributed by atoms with E-state index in [9.17, 15) is 9.59 Å². The third-order valence-electron chi connectivity index (χ3n) is 2.08. The first kappa shape index (κ1) is 8.83. The van der Waals surface area contributed by atoms with Crippen molar-refractivity contribution in [2.75, 3.05) is 6.54 Å². The van der Waals surface area contributed by atoms with Crippen LogP contribution in [0.3, 0.4) is 0 Å². The molecule has 5 heteroatoms. The number of hydrogen-bond acceptors (Lipinski definition) is 3. The number of carbonyl (C=O) groups excluding carboxylic acids is 1. The number of nitrogens with one attached hydrogen (secondary N) is 1. The third kappa shape index (κ3) is 1.34. The molecule has 1 amide bonds. The summed E-state index contributed by atoms with van der Waals surface area (Å²) < 4.78 is 4.53. The second-order valence-corrected chi connectivity index (χ2v) is 3.30. The molecule has 1 atom stereocenters. The molecule has 0 spiro atoms. The Balaban J connectivity index is 2.68. The van der Waals surface area contributed by atoms with Crippen LogP contribution in [0.15, 0.2) is 0 Å². The Morgan fingerprint density at radius 2 is 2.33 bits per heavy atom. The summed E-state index contributed by atoms with van der Waals surface area (Å²) in [7, 11) is 0. The summed E-state index contributed by atoms with van der Waals surface area (Å²) in [6.45, 7) is 3.57. The molecule has 2 N–H and O–H groups in total. The molecular weight excluding hydrogens is 162 g/mol. The highest BCUT2D eigenvalue weighted by molar-refractivity contribution is 5.85. The van der Waals surface area contributed by atoms with Gasteiger partial charge in [-0.05, 0) is 13.8 Å². The molecule has 1 heterocycles. The van der Waals surface area contributed by atoms with E-state index in [2.05, 4.69) is 10.1 Å². The monoisotopic (exact) mass is 173 g/mol. The minimum absolute atomic E-state index is 0.172. The van der Waals surface area contributed by atoms with Crippen LogP contribution in [0.1, 0.15) is 13.8 Å². The van der Waals surface area contributed by atoms with Crippen LogP contribution in [-0.2, 0) is 9.53 Å². The second-order valence-electron chi connectivity index (χ2n) is 3.30. The SMILES string of the molecule is CC1(C)C(=O)NCC1OC(=O)O. The highest BCUT2D eigenvalue weighted by Gasteiger charge is 2.44. The van der Waals surface area contributed by atoms with Gasteiger partial charge < -0.3 is 15.2 Å². The fourth-order valence-corrected chi connectivity index (χ4v) is 1.13. The van der Waals surface area contributed by atoms with Crippen molar-refractivity contribution in [3.63, 3.8) is 0 Å². The number of hydrogen-bond donors (Lipinski definition) is 2. The van der Waals surface area contributed by atoms with E-state index in [-0.39, 0.29) is 12.5 Å². The average Bonchev–Trinajstić information content (AvgIpc) is 2.15. The van der Waals surface area contributed by atoms with Crippen molar-refractivity contribution in [3.05, 3.63) is 0 Å². The van der Waals surface area contributed by atoms with Crippen molar-refractivity contribution in [1.82, 2.24) is 5.32 Å². The van der Waals surface area contributed by atoms with Gasteiger partial charge >= 0.3 is 6.16 Å². The summed E-state index contributed by atoms with van der Waals surface area (Å²) in [6.07, 6.45) is -1.92. The average molecular weight is 173 g/mol. The fraction of sp³-hybridized carbons (Fsp3) is 0.714. The van der Waals surface area contributed by atoms with Crippen LogP contribution in [0.25, 0.3) is 0 Å². The molecule has 0 bridgehead atoms. The van der Waals surface area contributed by atoms with Crippen LogP contribution in [0, 0.1) is 5.41 Å². The van der Waals surface area contributed by atoms with E-state index in [0.717, 1.165) is 0 Å². The number of carboxylic acid groups (broad SMARTS) is 1. The first-order valence-corrected chi connectivity index (χ1v) is 3.62. The van der Waals surface area contributed by atoms with Gasteiger partial charge in [0.25, 0.3) is 0 Å². The van der Waals surface area contributed by atoms with E-state index >= 15 is 0 Å². The lowest BCUT2D eigenvalue weighted by molar-refractivity contribution is -0.128. The molecule has 0 radical (unpaired) electrons. The highest BCUT2D eigenvalue weighted by atomic mass is 16.7. The van der Waals surface area contributed by atoms with Crippen LogP contribution in [0.2, 0.25) is 0 Å². The van der Waals surface area contributed by atoms with E-state index in [0.29, 0.717) is 0 Å². The molecule has 1 saturated heterocycles. The van der Waals surface area contributed by atoms with E-state index in [1.165, 1.54) is 0 Å². The Bertz CT molecular complexity index is 223. The van der Waals surface area contributed by atoms with Gasteiger partial charge in [-0.1, -0.05) is 0 Å². The van der Waals surface area contributed by atoms with Crippen LogP contribution >= 0.6 is 0 Å². The van der Waals surface area contributed by atoms with Gasteiger partial charge in [0.05, 0.1) is 12.0 Å². The molecule has 0 aromatic rings. The van der Waals surface area contributed by atoms with Crippen LogP contribution in [0.5, 0.6) is 0 Å². The lowest BCUT2D eigenvalue weighted by Gasteiger charge is -2.21. The zero-order valence-electron chi connectivity index (χ0n) is 6.96. The molecule has 12 heavy (non-hydrogen) atoms. The smallest absolute Gasteiger partial charge is 0.450 e. The predicted molar refractivity (Wildman–Crippen MR) is 39.7 cm³/mol. The van der Waals surface area contributed by atoms with E-state index in [1.54, 1.807) is 13.8 Å². The van der Waals surface area contributed by atoms with Gasteiger partial charge in [-0.15, -0.1) is 0 Å². The summed E-state index contributed by atoms with van der Waals surface area (Å²) in [5.74, 6) is -0.172. The number of ether oxygens (including phenoxy) is 1. The van der Waals surface area contributed by atoms with Gasteiger partial charge in [0.2, 0.25) is 5.91 Å². The molecule has 1 fully saturated rings. The van der Waals surface area contributed by atoms with Gasteiger partial charge in [0.1, 0.15) is 6.10 Å². The fourth-order valence-electron chi connectivity index (χ4n) is 1.13. The molecule has 1 unspecified atom stereocenters. The standard InChI is InChI=1S/C7H11NO4/c1-7(2)4(12-6(10)11)3-8-5(7)9/h4H,3H2,1-2H3,(H,8,9)(H,10,11). The summed E-state index contributed by atoms with van der Waals surface area (Å²) in [5, 5.41) is 10.9. The predicted octanol–water partition coefficient (Wildman–Crippen LogP) is 0.206. The number of carbonyl (C=O) groups is 2. The number of amides is 1. The van der Waals surface area contributed by atoms with Crippen molar-refractivity contribution in [1.29, 1.82) is 0 Å². The van der Waals surface area contributed by atoms with E-state index in [1.807, 2.05) is 0 Å². The Hall–Kier alpha value is -1.26. The van der Waals surface area contributed by atoms with E-state index < -0.39 is 17.7 Å². The lowest BCUT2D eigenvalue weighted by atomic mass is 9.89. The minimum Gasteiger partial charge on any atom is -0.450 e. The Labute approximate surface area is 69.7 Å². The molecule has 1 aliphatic rings. The molecule has 0 aromatic carbocycles. The minimum atomic E-state index is -1.34. The first-order chi connectivity index (χ1) is 5.44. The Kier molecular flexibility index (Phi) is 1.95. The Morgan fingerprint density at radius 3 is 2.67 bits per heavy atom. The van der Waals surface area contributed by atoms with Gasteiger partial charge in [0.15, 0.2) is 0 Å². The summed E-state index contributed by atoms with van der Waals surface area (Å²) in [4.78, 5) is 21.3. The zero-order chi connectivity index (χ0) is 9.35. The van der Waals surface area contributed by atoms with Crippen molar-refractivity contribution in [3.8, 4) is 0 Å². The molecule has 68 valence electrons. The van der Waals surface area contributed by atoms with E-state index in [4.69, 9.17) is 5.11 Å². The van der Waals surface area contributed by atoms with Crippen LogP contribution in [-0.4, -0.2) is 29.8 Å². The largest absolute Gasteiger partial charge is 0.506 e. The summed E-state index contributed by atoms with van der Waals surface area (Å²) in [5.41, 5.74) is -0.752. The zero-order valence-corrected chi connectivity index (χ0v) is 6.96. The van der Waals surface area contributed by atoms with Crippen molar-refractivity contribution < 1.29 is 19.4 Å². The van der Waals surface area contributed by atoms with Gasteiger partial charge in [-0.2, -0.15) is 0 Å². The highest BCUT2D eigenvalue weighted by Crippen LogP contribution is 2.27. The first-order valence-electron chi connectivity index (χ1n) is 3.62. The second kappa shape index (κ2) is 2.66. The van der Waals surface area contributed by atoms with Crippen molar-refractivity contribution in [2.45, 2.75) is 20.0 Å². The third-order valence-corrected chi connectivity index (χ3v) is 2.08. The maximum Gasteiger partial charge on any atom is 0.506 e. The lowest BCUT2D eigenvalue weighted by Crippen LogP contribution is -2.34. The van der Waals surface area contributed by atoms with Gasteiger partial charge in [-0.25, -0.2) is 4.79 Å². The normalized spacial score (nSPS) is 26.5. The van der Waals surface area contributed by atoms with Gasteiger partial charge in [0, 0.05) is 0 Å². The number of rotatable bonds is 1. The summed E-state index contributed by atoms with van der Waals surface area (Å²) >= 11 is 0. The maximum absolute atomic E-state index is 11.1. The molecule has 1 aliphatic heterocycles. The van der Waals surface area contributed by atoms with Crippen LogP contribution < -0.4 is 5.32 Å². The molecule has 0 aromatic heterocycles. The van der Waals surface area contributed by atoms with Crippen LogP contribution in [0.4, 0.5) is 4.79 Å². The van der Waals surface area contributed by atoms with Crippen molar-refractivity contribution >= 4 is 12.1 Å².